The minimum absolute atomic E-state index is 0. The predicted molar refractivity (Wildman–Crippen MR) is 67.4 cm³/mol. The van der Waals surface area contributed by atoms with Crippen LogP contribution in [-0.4, -0.2) is 25.0 Å². The molecular weight excluding hydrogens is 266 g/mol. The van der Waals surface area contributed by atoms with Crippen molar-refractivity contribution in [2.45, 2.75) is 12.5 Å². The normalized spacial score (nSPS) is 18.6. The Kier molecular flexibility index (Phi) is 5.18. The zero-order valence-electron chi connectivity index (χ0n) is 9.00. The molecule has 94 valence electrons. The number of hydrogen-bond donors (Lipinski definition) is 2. The third kappa shape index (κ3) is 3.56. The summed E-state index contributed by atoms with van der Waals surface area (Å²) in [6.07, 6.45) is 0.907. The Hall–Kier alpha value is -0.840. The molecule has 0 radical (unpaired) electrons. The van der Waals surface area contributed by atoms with Gasteiger partial charge in [0.05, 0.1) is 10.6 Å². The highest BCUT2D eigenvalue weighted by Gasteiger charge is 2.19. The van der Waals surface area contributed by atoms with E-state index in [4.69, 9.17) is 11.6 Å². The van der Waals surface area contributed by atoms with Gasteiger partial charge in [-0.2, -0.15) is 0 Å². The van der Waals surface area contributed by atoms with Crippen LogP contribution in [0.2, 0.25) is 5.02 Å². The standard InChI is InChI=1S/C11H12ClFN2O.ClH/c12-10-5-7(13)1-2-9(10)11(16)15-8-3-4-14-6-8;/h1-2,5,8,14H,3-4,6H2,(H,15,16);1H. The zero-order valence-corrected chi connectivity index (χ0v) is 10.6. The van der Waals surface area contributed by atoms with Crippen molar-refractivity contribution in [2.75, 3.05) is 13.1 Å². The minimum Gasteiger partial charge on any atom is -0.348 e. The molecule has 0 aliphatic carbocycles. The highest BCUT2D eigenvalue weighted by Crippen LogP contribution is 2.17. The summed E-state index contributed by atoms with van der Waals surface area (Å²) in [5, 5.41) is 6.13. The molecule has 0 aromatic heterocycles. The van der Waals surface area contributed by atoms with Crippen LogP contribution in [0.15, 0.2) is 18.2 Å². The van der Waals surface area contributed by atoms with Gasteiger partial charge >= 0.3 is 0 Å². The van der Waals surface area contributed by atoms with E-state index in [1.54, 1.807) is 0 Å². The van der Waals surface area contributed by atoms with Crippen molar-refractivity contribution in [1.29, 1.82) is 0 Å². The summed E-state index contributed by atoms with van der Waals surface area (Å²) >= 11 is 5.79. The van der Waals surface area contributed by atoms with Crippen molar-refractivity contribution in [3.63, 3.8) is 0 Å². The van der Waals surface area contributed by atoms with Gasteiger partial charge in [0.25, 0.3) is 5.91 Å². The number of halogens is 3. The lowest BCUT2D eigenvalue weighted by molar-refractivity contribution is 0.0940. The van der Waals surface area contributed by atoms with Crippen molar-refractivity contribution in [1.82, 2.24) is 10.6 Å². The van der Waals surface area contributed by atoms with Crippen molar-refractivity contribution < 1.29 is 9.18 Å². The van der Waals surface area contributed by atoms with E-state index in [2.05, 4.69) is 10.6 Å². The fourth-order valence-electron chi connectivity index (χ4n) is 1.71. The molecule has 3 nitrogen and oxygen atoms in total. The predicted octanol–water partition coefficient (Wildman–Crippen LogP) is 1.99. The van der Waals surface area contributed by atoms with Crippen LogP contribution in [0.4, 0.5) is 4.39 Å². The van der Waals surface area contributed by atoms with Gasteiger partial charge in [0.2, 0.25) is 0 Å². The van der Waals surface area contributed by atoms with Crippen LogP contribution in [-0.2, 0) is 0 Å². The number of carbonyl (C=O) groups is 1. The Balaban J connectivity index is 0.00000144. The minimum atomic E-state index is -0.441. The molecule has 1 amide bonds. The molecule has 0 spiro atoms. The Bertz CT molecular complexity index is 408. The van der Waals surface area contributed by atoms with Crippen molar-refractivity contribution in [3.05, 3.63) is 34.6 Å². The molecule has 6 heteroatoms. The second kappa shape index (κ2) is 6.19. The molecule has 1 aromatic carbocycles. The maximum Gasteiger partial charge on any atom is 0.253 e. The lowest BCUT2D eigenvalue weighted by Gasteiger charge is -2.11. The largest absolute Gasteiger partial charge is 0.348 e. The third-order valence-electron chi connectivity index (χ3n) is 2.57. The maximum absolute atomic E-state index is 12.8. The molecule has 0 bridgehead atoms. The van der Waals surface area contributed by atoms with E-state index >= 15 is 0 Å². The number of hydrogen-bond acceptors (Lipinski definition) is 2. The summed E-state index contributed by atoms with van der Waals surface area (Å²) in [4.78, 5) is 11.8. The van der Waals surface area contributed by atoms with Gasteiger partial charge in [0.1, 0.15) is 5.82 Å². The lowest BCUT2D eigenvalue weighted by Crippen LogP contribution is -2.36. The van der Waals surface area contributed by atoms with Crippen molar-refractivity contribution >= 4 is 29.9 Å². The first-order valence-corrected chi connectivity index (χ1v) is 5.51. The van der Waals surface area contributed by atoms with E-state index in [-0.39, 0.29) is 29.4 Å². The Morgan fingerprint density at radius 1 is 1.53 bits per heavy atom. The summed E-state index contributed by atoms with van der Waals surface area (Å²) in [5.41, 5.74) is 0.315. The first-order valence-electron chi connectivity index (χ1n) is 5.13. The topological polar surface area (TPSA) is 41.1 Å². The third-order valence-corrected chi connectivity index (χ3v) is 2.88. The number of benzene rings is 1. The first kappa shape index (κ1) is 14.2. The monoisotopic (exact) mass is 278 g/mol. The molecule has 1 atom stereocenters. The van der Waals surface area contributed by atoms with E-state index < -0.39 is 5.82 Å². The molecule has 2 N–H and O–H groups in total. The molecule has 17 heavy (non-hydrogen) atoms. The zero-order chi connectivity index (χ0) is 11.5. The highest BCUT2D eigenvalue weighted by atomic mass is 35.5. The SMILES string of the molecule is Cl.O=C(NC1CCNC1)c1ccc(F)cc1Cl. The Labute approximate surface area is 110 Å². The number of amides is 1. The number of nitrogens with one attached hydrogen (secondary N) is 2. The number of rotatable bonds is 2. The first-order chi connectivity index (χ1) is 7.66. The van der Waals surface area contributed by atoms with Crippen molar-refractivity contribution in [3.8, 4) is 0 Å². The summed E-state index contributed by atoms with van der Waals surface area (Å²) < 4.78 is 12.8. The maximum atomic E-state index is 12.8. The Morgan fingerprint density at radius 2 is 2.29 bits per heavy atom. The van der Waals surface area contributed by atoms with Gasteiger partial charge in [0, 0.05) is 12.6 Å². The molecule has 0 saturated carbocycles. The van der Waals surface area contributed by atoms with Crippen LogP contribution in [0.3, 0.4) is 0 Å². The van der Waals surface area contributed by atoms with Gasteiger partial charge in [-0.15, -0.1) is 12.4 Å². The summed E-state index contributed by atoms with van der Waals surface area (Å²) in [6, 6.07) is 3.90. The average molecular weight is 279 g/mol. The molecular formula is C11H13Cl2FN2O. The molecule has 1 fully saturated rings. The van der Waals surface area contributed by atoms with Gasteiger partial charge in [-0.25, -0.2) is 4.39 Å². The van der Waals surface area contributed by atoms with Gasteiger partial charge in [-0.3, -0.25) is 4.79 Å². The van der Waals surface area contributed by atoms with E-state index in [0.717, 1.165) is 25.6 Å². The lowest BCUT2D eigenvalue weighted by atomic mass is 10.2. The van der Waals surface area contributed by atoms with E-state index in [1.807, 2.05) is 0 Å². The summed E-state index contributed by atoms with van der Waals surface area (Å²) in [5.74, 6) is -0.692. The fraction of sp³-hybridized carbons (Fsp3) is 0.364. The van der Waals surface area contributed by atoms with Gasteiger partial charge in [-0.1, -0.05) is 11.6 Å². The van der Waals surface area contributed by atoms with Crippen LogP contribution in [0.1, 0.15) is 16.8 Å². The second-order valence-electron chi connectivity index (χ2n) is 3.79. The van der Waals surface area contributed by atoms with Gasteiger partial charge < -0.3 is 10.6 Å². The summed E-state index contributed by atoms with van der Waals surface area (Å²) in [6.45, 7) is 1.67. The molecule has 1 aliphatic heterocycles. The van der Waals surface area contributed by atoms with Crippen LogP contribution in [0.25, 0.3) is 0 Å². The summed E-state index contributed by atoms with van der Waals surface area (Å²) in [7, 11) is 0. The molecule has 1 aromatic rings. The van der Waals surface area contributed by atoms with E-state index in [0.29, 0.717) is 5.56 Å². The quantitative estimate of drug-likeness (QED) is 0.869. The van der Waals surface area contributed by atoms with Gasteiger partial charge in [0.15, 0.2) is 0 Å². The van der Waals surface area contributed by atoms with Crippen molar-refractivity contribution in [2.24, 2.45) is 0 Å². The van der Waals surface area contributed by atoms with E-state index in [9.17, 15) is 9.18 Å². The van der Waals surface area contributed by atoms with Crippen LogP contribution in [0.5, 0.6) is 0 Å². The van der Waals surface area contributed by atoms with Gasteiger partial charge in [-0.05, 0) is 31.2 Å². The molecule has 1 heterocycles. The smallest absolute Gasteiger partial charge is 0.253 e. The van der Waals surface area contributed by atoms with Crippen LogP contribution in [0, 0.1) is 5.82 Å². The van der Waals surface area contributed by atoms with Crippen LogP contribution < -0.4 is 10.6 Å². The molecule has 1 aliphatic rings. The fourth-order valence-corrected chi connectivity index (χ4v) is 1.97. The molecule has 2 rings (SSSR count). The average Bonchev–Trinajstić information content (AvgIpc) is 2.70. The van der Waals surface area contributed by atoms with E-state index in [1.165, 1.54) is 12.1 Å². The molecule has 1 unspecified atom stereocenters. The second-order valence-corrected chi connectivity index (χ2v) is 4.19. The molecule has 1 saturated heterocycles. The van der Waals surface area contributed by atoms with Crippen LogP contribution >= 0.6 is 24.0 Å². The Morgan fingerprint density at radius 3 is 2.88 bits per heavy atom. The number of carbonyl (C=O) groups excluding carboxylic acids is 1. The highest BCUT2D eigenvalue weighted by molar-refractivity contribution is 6.33.